The number of likely N-dealkylation sites (tertiary alicyclic amines) is 1. The molecule has 0 spiro atoms. The number of carbonyl (C=O) groups is 2. The molecule has 9 heteroatoms. The van der Waals surface area contributed by atoms with Gasteiger partial charge < -0.3 is 19.6 Å². The molecule has 4 rings (SSSR count). The van der Waals surface area contributed by atoms with E-state index in [1.807, 2.05) is 23.1 Å². The summed E-state index contributed by atoms with van der Waals surface area (Å²) in [5, 5.41) is 15.7. The third-order valence-electron chi connectivity index (χ3n) is 5.75. The summed E-state index contributed by atoms with van der Waals surface area (Å²) >= 11 is 0. The summed E-state index contributed by atoms with van der Waals surface area (Å²) in [5.74, 6) is 0.903. The molecule has 3 amide bonds. The summed E-state index contributed by atoms with van der Waals surface area (Å²) in [4.78, 5) is 32.8. The van der Waals surface area contributed by atoms with E-state index in [1.54, 1.807) is 43.4 Å². The van der Waals surface area contributed by atoms with Crippen molar-refractivity contribution >= 4 is 17.6 Å². The zero-order valence-corrected chi connectivity index (χ0v) is 19.0. The third kappa shape index (κ3) is 5.59. The molecule has 0 aliphatic carbocycles. The first-order chi connectivity index (χ1) is 16.5. The summed E-state index contributed by atoms with van der Waals surface area (Å²) in [6.07, 6.45) is 3.70. The van der Waals surface area contributed by atoms with Crippen LogP contribution in [0.5, 0.6) is 0 Å². The number of rotatable bonds is 6. The Labute approximate surface area is 198 Å². The monoisotopic (exact) mass is 458 g/mol. The van der Waals surface area contributed by atoms with Gasteiger partial charge in [0.1, 0.15) is 0 Å². The fourth-order valence-electron chi connectivity index (χ4n) is 3.76. The average Bonchev–Trinajstić information content (AvgIpc) is 3.36. The Morgan fingerprint density at radius 1 is 1.15 bits per heavy atom. The van der Waals surface area contributed by atoms with Gasteiger partial charge in [-0.15, -0.1) is 0 Å². The fraction of sp³-hybridized carbons (Fsp3) is 0.320. The molecule has 0 bridgehead atoms. The van der Waals surface area contributed by atoms with E-state index >= 15 is 0 Å². The van der Waals surface area contributed by atoms with Crippen molar-refractivity contribution in [2.24, 2.45) is 0 Å². The smallest absolute Gasteiger partial charge is 0.321 e. The van der Waals surface area contributed by atoms with E-state index in [0.29, 0.717) is 41.5 Å². The number of nitrogens with zero attached hydrogens (tertiary/aromatic N) is 5. The van der Waals surface area contributed by atoms with Crippen LogP contribution in [-0.4, -0.2) is 58.6 Å². The Morgan fingerprint density at radius 2 is 1.91 bits per heavy atom. The van der Waals surface area contributed by atoms with Gasteiger partial charge in [-0.2, -0.15) is 10.2 Å². The molecule has 2 aromatic carbocycles. The molecule has 174 valence electrons. The van der Waals surface area contributed by atoms with Crippen molar-refractivity contribution in [3.05, 3.63) is 65.5 Å². The van der Waals surface area contributed by atoms with Gasteiger partial charge in [0, 0.05) is 49.9 Å². The molecular formula is C25H26N6O3. The highest BCUT2D eigenvalue weighted by Gasteiger charge is 2.19. The van der Waals surface area contributed by atoms with E-state index in [9.17, 15) is 9.59 Å². The largest absolute Gasteiger partial charge is 0.339 e. The predicted octanol–water partition coefficient (Wildman–Crippen LogP) is 3.94. The van der Waals surface area contributed by atoms with Crippen molar-refractivity contribution in [1.29, 1.82) is 5.26 Å². The molecular weight excluding hydrogens is 432 g/mol. The fourth-order valence-corrected chi connectivity index (χ4v) is 3.76. The first-order valence-corrected chi connectivity index (χ1v) is 11.3. The van der Waals surface area contributed by atoms with Gasteiger partial charge in [0.25, 0.3) is 11.8 Å². The molecule has 2 heterocycles. The lowest BCUT2D eigenvalue weighted by Gasteiger charge is -2.26. The maximum atomic E-state index is 12.6. The third-order valence-corrected chi connectivity index (χ3v) is 5.75. The summed E-state index contributed by atoms with van der Waals surface area (Å²) < 4.78 is 5.38. The quantitative estimate of drug-likeness (QED) is 0.598. The number of piperidine rings is 1. The first-order valence-electron chi connectivity index (χ1n) is 11.3. The van der Waals surface area contributed by atoms with Crippen molar-refractivity contribution in [3.8, 4) is 17.5 Å². The Bertz CT molecular complexity index is 1190. The van der Waals surface area contributed by atoms with Crippen LogP contribution in [0.1, 0.15) is 41.0 Å². The van der Waals surface area contributed by atoms with Crippen LogP contribution >= 0.6 is 0 Å². The highest BCUT2D eigenvalue weighted by Crippen LogP contribution is 2.20. The van der Waals surface area contributed by atoms with E-state index in [-0.39, 0.29) is 11.9 Å². The first kappa shape index (κ1) is 23.0. The minimum Gasteiger partial charge on any atom is -0.339 e. The van der Waals surface area contributed by atoms with E-state index in [1.165, 1.54) is 11.3 Å². The number of likely N-dealkylation sites (N-methyl/N-ethyl adjacent to an activating group) is 1. The zero-order chi connectivity index (χ0) is 23.9. The van der Waals surface area contributed by atoms with Crippen molar-refractivity contribution in [2.45, 2.75) is 25.7 Å². The SMILES string of the molecule is CN(CCc1noc(-c2ccc(C(=O)N3CCCCC3)cc2)n1)C(=O)Nc1cccc(C#N)c1. The van der Waals surface area contributed by atoms with E-state index in [4.69, 9.17) is 9.78 Å². The lowest BCUT2D eigenvalue weighted by molar-refractivity contribution is 0.0724. The molecule has 3 aromatic rings. The number of nitriles is 1. The number of benzene rings is 2. The number of aromatic nitrogens is 2. The molecule has 34 heavy (non-hydrogen) atoms. The van der Waals surface area contributed by atoms with E-state index in [2.05, 4.69) is 15.5 Å². The van der Waals surface area contributed by atoms with Crippen molar-refractivity contribution in [2.75, 3.05) is 32.0 Å². The van der Waals surface area contributed by atoms with Crippen LogP contribution in [0.15, 0.2) is 53.1 Å². The van der Waals surface area contributed by atoms with Crippen LogP contribution in [0.4, 0.5) is 10.5 Å². The second-order valence-corrected chi connectivity index (χ2v) is 8.24. The number of amides is 3. The minimum atomic E-state index is -0.298. The molecule has 9 nitrogen and oxygen atoms in total. The topological polar surface area (TPSA) is 115 Å². The predicted molar refractivity (Wildman–Crippen MR) is 126 cm³/mol. The van der Waals surface area contributed by atoms with E-state index in [0.717, 1.165) is 31.5 Å². The summed E-state index contributed by atoms with van der Waals surface area (Å²) in [7, 11) is 1.67. The van der Waals surface area contributed by atoms with Gasteiger partial charge in [0.15, 0.2) is 5.82 Å². The van der Waals surface area contributed by atoms with Crippen molar-refractivity contribution < 1.29 is 14.1 Å². The van der Waals surface area contributed by atoms with Crippen LogP contribution in [-0.2, 0) is 6.42 Å². The standard InChI is InChI=1S/C25H26N6O3/c1-30(25(33)27-21-7-5-6-18(16-21)17-26)15-12-22-28-23(34-29-22)19-8-10-20(11-9-19)24(32)31-13-3-2-4-14-31/h5-11,16H,2-4,12-15H2,1H3,(H,27,33). The molecule has 1 saturated heterocycles. The average molecular weight is 459 g/mol. The van der Waals surface area contributed by atoms with Crippen molar-refractivity contribution in [1.82, 2.24) is 19.9 Å². The lowest BCUT2D eigenvalue weighted by atomic mass is 10.1. The molecule has 1 fully saturated rings. The molecule has 1 N–H and O–H groups in total. The maximum Gasteiger partial charge on any atom is 0.321 e. The number of urea groups is 1. The Balaban J connectivity index is 1.31. The molecule has 1 aliphatic rings. The molecule has 1 aliphatic heterocycles. The zero-order valence-electron chi connectivity index (χ0n) is 19.0. The van der Waals surface area contributed by atoms with Crippen LogP contribution in [0, 0.1) is 11.3 Å². The Morgan fingerprint density at radius 3 is 2.65 bits per heavy atom. The molecule has 0 atom stereocenters. The number of hydrogen-bond acceptors (Lipinski definition) is 6. The van der Waals surface area contributed by atoms with Gasteiger partial charge >= 0.3 is 6.03 Å². The number of anilines is 1. The van der Waals surface area contributed by atoms with Gasteiger partial charge in [-0.1, -0.05) is 11.2 Å². The number of hydrogen-bond donors (Lipinski definition) is 1. The van der Waals surface area contributed by atoms with Crippen LogP contribution in [0.2, 0.25) is 0 Å². The maximum absolute atomic E-state index is 12.6. The van der Waals surface area contributed by atoms with Gasteiger partial charge in [0.05, 0.1) is 11.6 Å². The summed E-state index contributed by atoms with van der Waals surface area (Å²) in [6.45, 7) is 2.00. The Hall–Kier alpha value is -4.19. The molecule has 0 radical (unpaired) electrons. The molecule has 0 saturated carbocycles. The lowest BCUT2D eigenvalue weighted by Crippen LogP contribution is -2.35. The number of carbonyl (C=O) groups excluding carboxylic acids is 2. The normalized spacial score (nSPS) is 13.2. The van der Waals surface area contributed by atoms with Gasteiger partial charge in [-0.3, -0.25) is 4.79 Å². The highest BCUT2D eigenvalue weighted by atomic mass is 16.5. The molecule has 1 aromatic heterocycles. The van der Waals surface area contributed by atoms with Gasteiger partial charge in [0.2, 0.25) is 0 Å². The van der Waals surface area contributed by atoms with E-state index < -0.39 is 0 Å². The second-order valence-electron chi connectivity index (χ2n) is 8.24. The highest BCUT2D eigenvalue weighted by molar-refractivity contribution is 5.94. The Kier molecular flexibility index (Phi) is 7.18. The van der Waals surface area contributed by atoms with Crippen LogP contribution < -0.4 is 5.32 Å². The van der Waals surface area contributed by atoms with Crippen LogP contribution in [0.3, 0.4) is 0 Å². The van der Waals surface area contributed by atoms with Gasteiger partial charge in [-0.05, 0) is 61.7 Å². The van der Waals surface area contributed by atoms with Crippen molar-refractivity contribution in [3.63, 3.8) is 0 Å². The second kappa shape index (κ2) is 10.6. The minimum absolute atomic E-state index is 0.0538. The van der Waals surface area contributed by atoms with Gasteiger partial charge in [-0.25, -0.2) is 4.79 Å². The summed E-state index contributed by atoms with van der Waals surface area (Å²) in [6, 6.07) is 15.7. The molecule has 0 unspecified atom stereocenters. The van der Waals surface area contributed by atoms with Crippen LogP contribution in [0.25, 0.3) is 11.5 Å². The number of nitrogens with one attached hydrogen (secondary N) is 1. The summed E-state index contributed by atoms with van der Waals surface area (Å²) in [5.41, 5.74) is 2.42.